The quantitative estimate of drug-likeness (QED) is 0.863. The lowest BCUT2D eigenvalue weighted by molar-refractivity contribution is 0.0954. The molecule has 0 aliphatic heterocycles. The van der Waals surface area contributed by atoms with Crippen molar-refractivity contribution in [3.05, 3.63) is 28.6 Å². The Balaban J connectivity index is 2.09. The first kappa shape index (κ1) is 15.8. The third-order valence-corrected chi connectivity index (χ3v) is 5.12. The van der Waals surface area contributed by atoms with E-state index in [1.165, 1.54) is 11.3 Å². The molecule has 3 N–H and O–H groups in total. The molecule has 0 fully saturated rings. The molecule has 0 bridgehead atoms. The van der Waals surface area contributed by atoms with Crippen molar-refractivity contribution in [1.82, 2.24) is 10.2 Å². The number of nitrogens with one attached hydrogen (secondary N) is 1. The zero-order chi connectivity index (χ0) is 15.4. The van der Waals surface area contributed by atoms with Gasteiger partial charge in [-0.05, 0) is 25.6 Å². The summed E-state index contributed by atoms with van der Waals surface area (Å²) >= 11 is 1.48. The predicted octanol–water partition coefficient (Wildman–Crippen LogP) is 2.86. The van der Waals surface area contributed by atoms with Crippen LogP contribution in [0, 0.1) is 6.92 Å². The average molecular weight is 305 g/mol. The molecule has 21 heavy (non-hydrogen) atoms. The summed E-state index contributed by atoms with van der Waals surface area (Å²) in [6, 6.07) is 5.99. The van der Waals surface area contributed by atoms with Crippen molar-refractivity contribution in [1.29, 1.82) is 0 Å². The van der Waals surface area contributed by atoms with Gasteiger partial charge in [0.25, 0.3) is 5.91 Å². The van der Waals surface area contributed by atoms with E-state index in [0.717, 1.165) is 35.3 Å². The van der Waals surface area contributed by atoms with Gasteiger partial charge < -0.3 is 16.0 Å². The molecule has 1 heterocycles. The molecule has 4 nitrogen and oxygen atoms in total. The number of carbonyl (C=O) groups is 1. The van der Waals surface area contributed by atoms with Crippen molar-refractivity contribution in [2.24, 2.45) is 0 Å². The van der Waals surface area contributed by atoms with Crippen LogP contribution in [0.2, 0.25) is 0 Å². The Hall–Kier alpha value is -1.59. The van der Waals surface area contributed by atoms with Crippen LogP contribution in [-0.4, -0.2) is 37.0 Å². The fourth-order valence-electron chi connectivity index (χ4n) is 2.40. The molecule has 2 rings (SSSR count). The largest absolute Gasteiger partial charge is 0.397 e. The molecule has 1 amide bonds. The Morgan fingerprint density at radius 1 is 1.33 bits per heavy atom. The number of carbonyl (C=O) groups excluding carboxylic acids is 1. The Morgan fingerprint density at radius 3 is 2.67 bits per heavy atom. The van der Waals surface area contributed by atoms with E-state index in [0.29, 0.717) is 17.1 Å². The van der Waals surface area contributed by atoms with E-state index in [9.17, 15) is 4.79 Å². The van der Waals surface area contributed by atoms with Crippen molar-refractivity contribution >= 4 is 33.0 Å². The third-order valence-electron chi connectivity index (χ3n) is 3.77. The molecule has 1 aromatic heterocycles. The van der Waals surface area contributed by atoms with Crippen molar-refractivity contribution in [2.75, 3.05) is 31.9 Å². The summed E-state index contributed by atoms with van der Waals surface area (Å²) in [6.45, 7) is 9.79. The number of benzene rings is 1. The number of hydrogen-bond donors (Lipinski definition) is 2. The van der Waals surface area contributed by atoms with E-state index < -0.39 is 0 Å². The Bertz CT molecular complexity index is 632. The van der Waals surface area contributed by atoms with Crippen molar-refractivity contribution in [3.8, 4) is 0 Å². The Labute approximate surface area is 129 Å². The molecule has 2 aromatic rings. The lowest BCUT2D eigenvalue weighted by atomic mass is 10.1. The molecule has 0 saturated carbocycles. The lowest BCUT2D eigenvalue weighted by Gasteiger charge is -2.17. The minimum Gasteiger partial charge on any atom is -0.397 e. The molecule has 0 aliphatic rings. The summed E-state index contributed by atoms with van der Waals surface area (Å²) in [6.07, 6.45) is 0. The second kappa shape index (κ2) is 6.91. The number of rotatable bonds is 6. The molecule has 0 saturated heterocycles. The van der Waals surface area contributed by atoms with Gasteiger partial charge in [-0.1, -0.05) is 32.0 Å². The zero-order valence-corrected chi connectivity index (χ0v) is 13.7. The lowest BCUT2D eigenvalue weighted by Crippen LogP contribution is -2.34. The van der Waals surface area contributed by atoms with Crippen LogP contribution in [0.25, 0.3) is 10.1 Å². The van der Waals surface area contributed by atoms with Gasteiger partial charge in [-0.25, -0.2) is 0 Å². The number of thiophene rings is 1. The maximum absolute atomic E-state index is 12.3. The number of anilines is 1. The summed E-state index contributed by atoms with van der Waals surface area (Å²) in [5, 5.41) is 3.95. The molecule has 0 radical (unpaired) electrons. The van der Waals surface area contributed by atoms with E-state index in [2.05, 4.69) is 24.1 Å². The van der Waals surface area contributed by atoms with Gasteiger partial charge in [0.2, 0.25) is 0 Å². The van der Waals surface area contributed by atoms with Crippen molar-refractivity contribution in [2.45, 2.75) is 20.8 Å². The average Bonchev–Trinajstić information content (AvgIpc) is 2.82. The summed E-state index contributed by atoms with van der Waals surface area (Å²) in [5.74, 6) is -0.0692. The van der Waals surface area contributed by atoms with Crippen LogP contribution in [0.1, 0.15) is 29.1 Å². The van der Waals surface area contributed by atoms with Gasteiger partial charge in [-0.3, -0.25) is 4.79 Å². The predicted molar refractivity (Wildman–Crippen MR) is 91.1 cm³/mol. The van der Waals surface area contributed by atoms with Gasteiger partial charge in [-0.2, -0.15) is 0 Å². The van der Waals surface area contributed by atoms with Gasteiger partial charge >= 0.3 is 0 Å². The van der Waals surface area contributed by atoms with Gasteiger partial charge in [0.15, 0.2) is 0 Å². The molecular formula is C16H23N3OS. The second-order valence-electron chi connectivity index (χ2n) is 5.08. The van der Waals surface area contributed by atoms with E-state index >= 15 is 0 Å². The number of amides is 1. The topological polar surface area (TPSA) is 58.4 Å². The zero-order valence-electron chi connectivity index (χ0n) is 12.9. The van der Waals surface area contributed by atoms with Crippen LogP contribution in [0.5, 0.6) is 0 Å². The van der Waals surface area contributed by atoms with E-state index in [-0.39, 0.29) is 5.91 Å². The second-order valence-corrected chi connectivity index (χ2v) is 6.10. The third kappa shape index (κ3) is 3.36. The smallest absolute Gasteiger partial charge is 0.263 e. The number of hydrogen-bond acceptors (Lipinski definition) is 4. The van der Waals surface area contributed by atoms with Crippen LogP contribution < -0.4 is 11.1 Å². The monoisotopic (exact) mass is 305 g/mol. The van der Waals surface area contributed by atoms with Crippen LogP contribution in [-0.2, 0) is 0 Å². The highest BCUT2D eigenvalue weighted by Crippen LogP contribution is 2.35. The summed E-state index contributed by atoms with van der Waals surface area (Å²) in [7, 11) is 0. The number of fused-ring (bicyclic) bond motifs is 1. The fourth-order valence-corrected chi connectivity index (χ4v) is 3.50. The first-order valence-electron chi connectivity index (χ1n) is 7.36. The van der Waals surface area contributed by atoms with E-state index in [1.54, 1.807) is 0 Å². The van der Waals surface area contributed by atoms with E-state index in [1.807, 2.05) is 25.1 Å². The molecule has 5 heteroatoms. The Kier molecular flexibility index (Phi) is 5.20. The fraction of sp³-hybridized carbons (Fsp3) is 0.438. The van der Waals surface area contributed by atoms with Crippen LogP contribution in [0.4, 0.5) is 5.69 Å². The van der Waals surface area contributed by atoms with Crippen LogP contribution in [0.15, 0.2) is 18.2 Å². The molecule has 0 aliphatic carbocycles. The highest BCUT2D eigenvalue weighted by molar-refractivity contribution is 7.21. The molecular weight excluding hydrogens is 282 g/mol. The Morgan fingerprint density at radius 2 is 2.05 bits per heavy atom. The first-order chi connectivity index (χ1) is 10.1. The number of nitrogen functional groups attached to an aromatic ring is 1. The molecule has 0 atom stereocenters. The minimum atomic E-state index is -0.0692. The summed E-state index contributed by atoms with van der Waals surface area (Å²) in [5.41, 5.74) is 7.89. The molecule has 0 unspecified atom stereocenters. The SMILES string of the molecule is CCN(CC)CCNC(=O)c1sc2c(C)cccc2c1N. The number of nitrogens with two attached hydrogens (primary N) is 1. The normalized spacial score (nSPS) is 11.2. The van der Waals surface area contributed by atoms with Crippen molar-refractivity contribution < 1.29 is 4.79 Å². The van der Waals surface area contributed by atoms with Crippen molar-refractivity contribution in [3.63, 3.8) is 0 Å². The molecule has 114 valence electrons. The molecule has 0 spiro atoms. The number of likely N-dealkylation sites (N-methyl/N-ethyl adjacent to an activating group) is 1. The van der Waals surface area contributed by atoms with Crippen LogP contribution in [0.3, 0.4) is 0 Å². The van der Waals surface area contributed by atoms with E-state index in [4.69, 9.17) is 5.73 Å². The summed E-state index contributed by atoms with van der Waals surface area (Å²) < 4.78 is 1.10. The molecule has 1 aromatic carbocycles. The van der Waals surface area contributed by atoms with Crippen LogP contribution >= 0.6 is 11.3 Å². The van der Waals surface area contributed by atoms with Gasteiger partial charge in [0.1, 0.15) is 4.88 Å². The maximum Gasteiger partial charge on any atom is 0.263 e. The van der Waals surface area contributed by atoms with Gasteiger partial charge in [0.05, 0.1) is 5.69 Å². The minimum absolute atomic E-state index is 0.0692. The number of aryl methyl sites for hydroxylation is 1. The maximum atomic E-state index is 12.3. The van der Waals surface area contributed by atoms with Gasteiger partial charge in [0, 0.05) is 23.2 Å². The standard InChI is InChI=1S/C16H23N3OS/c1-4-19(5-2)10-9-18-16(20)15-13(17)12-8-6-7-11(3)14(12)21-15/h6-8H,4-5,9-10,17H2,1-3H3,(H,18,20). The first-order valence-corrected chi connectivity index (χ1v) is 8.18. The summed E-state index contributed by atoms with van der Waals surface area (Å²) in [4.78, 5) is 15.2. The highest BCUT2D eigenvalue weighted by Gasteiger charge is 2.16. The number of nitrogens with zero attached hydrogens (tertiary/aromatic N) is 1. The van der Waals surface area contributed by atoms with Gasteiger partial charge in [-0.15, -0.1) is 11.3 Å². The highest BCUT2D eigenvalue weighted by atomic mass is 32.1.